The highest BCUT2D eigenvalue weighted by atomic mass is 19.3. The zero-order valence-corrected chi connectivity index (χ0v) is 7.22. The number of nitriles is 1. The van der Waals surface area contributed by atoms with Gasteiger partial charge in [0.2, 0.25) is 0 Å². The topological polar surface area (TPSA) is 33.0 Å². The zero-order chi connectivity index (χ0) is 10.7. The van der Waals surface area contributed by atoms with E-state index < -0.39 is 12.4 Å². The normalized spacial score (nSPS) is 10.0. The highest BCUT2D eigenvalue weighted by Gasteiger charge is 2.12. The molecule has 1 aromatic rings. The lowest BCUT2D eigenvalue weighted by molar-refractivity contribution is -0.0501. The van der Waals surface area contributed by atoms with E-state index in [9.17, 15) is 13.2 Å². The summed E-state index contributed by atoms with van der Waals surface area (Å²) in [6, 6.07) is 3.51. The van der Waals surface area contributed by atoms with Crippen molar-refractivity contribution >= 4 is 0 Å². The fraction of sp³-hybridized carbons (Fsp3) is 0.222. The van der Waals surface area contributed by atoms with Gasteiger partial charge in [-0.1, -0.05) is 0 Å². The predicted octanol–water partition coefficient (Wildman–Crippen LogP) is 2.61. The van der Waals surface area contributed by atoms with Crippen molar-refractivity contribution in [2.45, 2.75) is 13.5 Å². The molecule has 2 nitrogen and oxygen atoms in total. The number of rotatable bonds is 2. The van der Waals surface area contributed by atoms with E-state index in [4.69, 9.17) is 5.26 Å². The van der Waals surface area contributed by atoms with Crippen LogP contribution in [0.5, 0.6) is 5.75 Å². The summed E-state index contributed by atoms with van der Waals surface area (Å²) in [5.41, 5.74) is -0.0898. The fourth-order valence-electron chi connectivity index (χ4n) is 0.936. The zero-order valence-electron chi connectivity index (χ0n) is 7.22. The van der Waals surface area contributed by atoms with Gasteiger partial charge in [-0.05, 0) is 24.6 Å². The van der Waals surface area contributed by atoms with Crippen molar-refractivity contribution in [1.29, 1.82) is 5.26 Å². The van der Waals surface area contributed by atoms with E-state index in [2.05, 4.69) is 4.74 Å². The van der Waals surface area contributed by atoms with Crippen LogP contribution in [0.3, 0.4) is 0 Å². The van der Waals surface area contributed by atoms with Gasteiger partial charge in [0.05, 0.1) is 5.56 Å². The molecule has 0 fully saturated rings. The van der Waals surface area contributed by atoms with Crippen LogP contribution in [-0.4, -0.2) is 6.61 Å². The lowest BCUT2D eigenvalue weighted by atomic mass is 10.1. The van der Waals surface area contributed by atoms with Crippen molar-refractivity contribution in [1.82, 2.24) is 0 Å². The largest absolute Gasteiger partial charge is 0.433 e. The minimum Gasteiger partial charge on any atom is -0.433 e. The van der Waals surface area contributed by atoms with E-state index in [0.29, 0.717) is 0 Å². The maximum absolute atomic E-state index is 12.9. The molecule has 0 saturated heterocycles. The van der Waals surface area contributed by atoms with Crippen molar-refractivity contribution in [2.24, 2.45) is 0 Å². The van der Waals surface area contributed by atoms with Crippen molar-refractivity contribution in [2.75, 3.05) is 0 Å². The molecule has 1 aromatic carbocycles. The highest BCUT2D eigenvalue weighted by molar-refractivity contribution is 5.45. The van der Waals surface area contributed by atoms with Crippen molar-refractivity contribution < 1.29 is 17.9 Å². The van der Waals surface area contributed by atoms with Crippen molar-refractivity contribution in [3.63, 3.8) is 0 Å². The Morgan fingerprint density at radius 2 is 2.07 bits per heavy atom. The molecular weight excluding hydrogens is 195 g/mol. The summed E-state index contributed by atoms with van der Waals surface area (Å²) in [5.74, 6) is -0.926. The maximum Gasteiger partial charge on any atom is 0.387 e. The SMILES string of the molecule is Cc1cc(OC(F)F)c(C#N)cc1F. The van der Waals surface area contributed by atoms with Crippen LogP contribution in [-0.2, 0) is 0 Å². The van der Waals surface area contributed by atoms with Crippen LogP contribution in [0.4, 0.5) is 13.2 Å². The molecule has 0 aliphatic heterocycles. The number of hydrogen-bond donors (Lipinski definition) is 0. The number of benzene rings is 1. The molecule has 0 spiro atoms. The Morgan fingerprint density at radius 1 is 1.43 bits per heavy atom. The van der Waals surface area contributed by atoms with Gasteiger partial charge >= 0.3 is 6.61 Å². The molecule has 1 rings (SSSR count). The van der Waals surface area contributed by atoms with Gasteiger partial charge in [0, 0.05) is 0 Å². The summed E-state index contributed by atoms with van der Waals surface area (Å²) in [6.45, 7) is -1.62. The Bertz CT molecular complexity index is 384. The van der Waals surface area contributed by atoms with E-state index in [0.717, 1.165) is 12.1 Å². The van der Waals surface area contributed by atoms with Gasteiger partial charge in [0.1, 0.15) is 17.6 Å². The molecule has 14 heavy (non-hydrogen) atoms. The molecule has 5 heteroatoms. The van der Waals surface area contributed by atoms with E-state index in [1.165, 1.54) is 6.92 Å². The average Bonchev–Trinajstić information content (AvgIpc) is 2.10. The van der Waals surface area contributed by atoms with E-state index in [1.807, 2.05) is 0 Å². The van der Waals surface area contributed by atoms with Gasteiger partial charge < -0.3 is 4.74 Å². The molecule has 0 amide bonds. The first kappa shape index (κ1) is 10.4. The third-order valence-corrected chi connectivity index (χ3v) is 1.60. The second kappa shape index (κ2) is 4.01. The van der Waals surface area contributed by atoms with Gasteiger partial charge in [-0.25, -0.2) is 4.39 Å². The van der Waals surface area contributed by atoms with Gasteiger partial charge in [-0.3, -0.25) is 0 Å². The van der Waals surface area contributed by atoms with Crippen LogP contribution in [0.1, 0.15) is 11.1 Å². The number of nitrogens with zero attached hydrogens (tertiary/aromatic N) is 1. The van der Waals surface area contributed by atoms with Crippen LogP contribution in [0.15, 0.2) is 12.1 Å². The first-order valence-corrected chi connectivity index (χ1v) is 3.69. The molecule has 0 unspecified atom stereocenters. The molecular formula is C9H6F3NO. The standard InChI is InChI=1S/C9H6F3NO/c1-5-2-8(14-9(11)12)6(4-13)3-7(5)10/h2-3,9H,1H3. The summed E-state index contributed by atoms with van der Waals surface area (Å²) < 4.78 is 40.6. The first-order chi connectivity index (χ1) is 6.54. The molecule has 0 aromatic heterocycles. The predicted molar refractivity (Wildman–Crippen MR) is 42.5 cm³/mol. The van der Waals surface area contributed by atoms with Crippen LogP contribution >= 0.6 is 0 Å². The molecule has 0 radical (unpaired) electrons. The smallest absolute Gasteiger partial charge is 0.387 e. The van der Waals surface area contributed by atoms with Crippen LogP contribution in [0.2, 0.25) is 0 Å². The third kappa shape index (κ3) is 2.16. The highest BCUT2D eigenvalue weighted by Crippen LogP contribution is 2.23. The van der Waals surface area contributed by atoms with Crippen molar-refractivity contribution in [3.05, 3.63) is 29.1 Å². The molecule has 0 aliphatic rings. The second-order valence-corrected chi connectivity index (χ2v) is 2.59. The number of alkyl halides is 2. The van der Waals surface area contributed by atoms with Gasteiger partial charge in [0.25, 0.3) is 0 Å². The van der Waals surface area contributed by atoms with Crippen LogP contribution in [0.25, 0.3) is 0 Å². The minimum absolute atomic E-state index is 0.152. The van der Waals surface area contributed by atoms with Gasteiger partial charge in [-0.2, -0.15) is 14.0 Å². The van der Waals surface area contributed by atoms with Crippen LogP contribution < -0.4 is 4.74 Å². The lowest BCUT2D eigenvalue weighted by Gasteiger charge is -2.07. The number of hydrogen-bond acceptors (Lipinski definition) is 2. The van der Waals surface area contributed by atoms with Crippen molar-refractivity contribution in [3.8, 4) is 11.8 Å². The summed E-state index contributed by atoms with van der Waals surface area (Å²) in [4.78, 5) is 0. The Balaban J connectivity index is 3.15. The molecule has 0 atom stereocenters. The summed E-state index contributed by atoms with van der Waals surface area (Å²) in [5, 5.41) is 8.51. The Hall–Kier alpha value is -1.70. The average molecular weight is 201 g/mol. The fourth-order valence-corrected chi connectivity index (χ4v) is 0.936. The summed E-state index contributed by atoms with van der Waals surface area (Å²) >= 11 is 0. The lowest BCUT2D eigenvalue weighted by Crippen LogP contribution is -2.04. The Morgan fingerprint density at radius 3 is 2.57 bits per heavy atom. The molecule has 0 aliphatic carbocycles. The first-order valence-electron chi connectivity index (χ1n) is 3.69. The van der Waals surface area contributed by atoms with Crippen LogP contribution in [0, 0.1) is 24.1 Å². The Labute approximate surface area is 78.5 Å². The molecule has 0 N–H and O–H groups in total. The summed E-state index contributed by atoms with van der Waals surface area (Å²) in [7, 11) is 0. The van der Waals surface area contributed by atoms with Gasteiger partial charge in [0.15, 0.2) is 0 Å². The van der Waals surface area contributed by atoms with E-state index in [1.54, 1.807) is 6.07 Å². The second-order valence-electron chi connectivity index (χ2n) is 2.59. The van der Waals surface area contributed by atoms with E-state index in [-0.39, 0.29) is 16.9 Å². The molecule has 0 saturated carbocycles. The number of halogens is 3. The van der Waals surface area contributed by atoms with Gasteiger partial charge in [-0.15, -0.1) is 0 Å². The molecule has 0 bridgehead atoms. The molecule has 74 valence electrons. The molecule has 0 heterocycles. The Kier molecular flexibility index (Phi) is 2.97. The minimum atomic E-state index is -3.02. The van der Waals surface area contributed by atoms with E-state index >= 15 is 0 Å². The number of ether oxygens (including phenoxy) is 1. The summed E-state index contributed by atoms with van der Waals surface area (Å²) in [6.07, 6.45) is 0. The monoisotopic (exact) mass is 201 g/mol. The number of aryl methyl sites for hydroxylation is 1. The maximum atomic E-state index is 12.9. The quantitative estimate of drug-likeness (QED) is 0.736. The third-order valence-electron chi connectivity index (χ3n) is 1.60.